The number of nitrogens with zero attached hydrogens (tertiary/aromatic N) is 2. The Morgan fingerprint density at radius 2 is 1.78 bits per heavy atom. The van der Waals surface area contributed by atoms with Gasteiger partial charge in [0.15, 0.2) is 0 Å². The molecule has 49 heavy (non-hydrogen) atoms. The third-order valence-electron chi connectivity index (χ3n) is 8.73. The first kappa shape index (κ1) is 37.1. The van der Waals surface area contributed by atoms with Gasteiger partial charge >= 0.3 is 0 Å². The molecule has 1 heterocycles. The SMILES string of the molecule is CN(CCC(=O)NCC(O)C(O)C(O)C(O)CO)S(=O)(=O)c1ccc(Cl)c(COC2(c3cnccc3-c3ccccc3OC3CC3)CC2)c1. The highest BCUT2D eigenvalue weighted by Gasteiger charge is 2.48. The van der Waals surface area contributed by atoms with E-state index < -0.39 is 59.1 Å². The second kappa shape index (κ2) is 15.8. The van der Waals surface area contributed by atoms with Crippen LogP contribution in [0.5, 0.6) is 5.75 Å². The second-order valence-electron chi connectivity index (χ2n) is 12.4. The molecule has 0 saturated heterocycles. The molecule has 2 aromatic carbocycles. The number of nitrogens with one attached hydrogen (secondary N) is 1. The van der Waals surface area contributed by atoms with Gasteiger partial charge in [-0.25, -0.2) is 12.7 Å². The minimum atomic E-state index is -4.04. The highest BCUT2D eigenvalue weighted by atomic mass is 35.5. The predicted molar refractivity (Wildman–Crippen MR) is 179 cm³/mol. The minimum Gasteiger partial charge on any atom is -0.490 e. The van der Waals surface area contributed by atoms with E-state index in [1.165, 1.54) is 25.2 Å². The third-order valence-corrected chi connectivity index (χ3v) is 10.9. The second-order valence-corrected chi connectivity index (χ2v) is 14.9. The number of sulfonamides is 1. The van der Waals surface area contributed by atoms with Gasteiger partial charge in [0.05, 0.1) is 35.9 Å². The van der Waals surface area contributed by atoms with E-state index in [9.17, 15) is 33.6 Å². The van der Waals surface area contributed by atoms with Gasteiger partial charge in [0.1, 0.15) is 24.1 Å². The number of hydrogen-bond donors (Lipinski definition) is 6. The van der Waals surface area contributed by atoms with Crippen LogP contribution in [-0.2, 0) is 31.8 Å². The summed E-state index contributed by atoms with van der Waals surface area (Å²) in [6.07, 6.45) is 0.0801. The van der Waals surface area contributed by atoms with Crippen molar-refractivity contribution in [3.63, 3.8) is 0 Å². The van der Waals surface area contributed by atoms with Gasteiger partial charge in [-0.15, -0.1) is 0 Å². The Morgan fingerprint density at radius 3 is 2.47 bits per heavy atom. The quantitative estimate of drug-likeness (QED) is 0.112. The number of ether oxygens (including phenoxy) is 2. The van der Waals surface area contributed by atoms with Crippen molar-refractivity contribution in [3.8, 4) is 16.9 Å². The third kappa shape index (κ3) is 8.95. The number of rotatable bonds is 18. The molecule has 1 aromatic heterocycles. The number of aliphatic hydroxyl groups excluding tert-OH is 5. The van der Waals surface area contributed by atoms with E-state index in [1.807, 2.05) is 30.3 Å². The zero-order valence-corrected chi connectivity index (χ0v) is 28.6. The van der Waals surface area contributed by atoms with E-state index in [-0.39, 0.29) is 30.6 Å². The maximum Gasteiger partial charge on any atom is 0.242 e. The van der Waals surface area contributed by atoms with Crippen LogP contribution >= 0.6 is 11.6 Å². The molecule has 13 nitrogen and oxygen atoms in total. The average Bonchev–Trinajstić information content (AvgIpc) is 4.06. The van der Waals surface area contributed by atoms with Crippen LogP contribution in [0.4, 0.5) is 0 Å². The lowest BCUT2D eigenvalue weighted by atomic mass is 9.96. The van der Waals surface area contributed by atoms with Crippen LogP contribution in [0.15, 0.2) is 65.8 Å². The Hall–Kier alpha value is -3.18. The Morgan fingerprint density at radius 1 is 1.06 bits per heavy atom. The standard InChI is InChI=1S/C34H42ClN3O10S/c1-38(15-11-31(42)37-18-28(40)32(43)33(44)29(41)19-39)49(45,46)23-8-9-27(35)21(16-23)20-47-34(12-13-34)26-17-36-14-10-24(26)25-4-2-3-5-30(25)48-22-6-7-22/h2-5,8-10,14,16-17,22,28-29,32-33,39-41,43-44H,6-7,11-13,15,18-20H2,1H3,(H,37,42). The molecule has 4 unspecified atom stereocenters. The Balaban J connectivity index is 1.21. The van der Waals surface area contributed by atoms with Gasteiger partial charge in [-0.2, -0.15) is 0 Å². The van der Waals surface area contributed by atoms with Gasteiger partial charge in [0, 0.05) is 55.1 Å². The van der Waals surface area contributed by atoms with Gasteiger partial charge in [-0.3, -0.25) is 9.78 Å². The van der Waals surface area contributed by atoms with Crippen LogP contribution in [0.1, 0.15) is 43.2 Å². The first-order chi connectivity index (χ1) is 23.4. The number of pyridine rings is 1. The van der Waals surface area contributed by atoms with Crippen molar-refractivity contribution >= 4 is 27.5 Å². The lowest BCUT2D eigenvalue weighted by Gasteiger charge is -2.25. The van der Waals surface area contributed by atoms with E-state index in [0.717, 1.165) is 52.4 Å². The molecule has 0 radical (unpaired) electrons. The molecule has 2 aliphatic carbocycles. The van der Waals surface area contributed by atoms with Crippen molar-refractivity contribution in [3.05, 3.63) is 77.1 Å². The molecule has 266 valence electrons. The molecule has 2 aliphatic rings. The van der Waals surface area contributed by atoms with Crippen LogP contribution in [-0.4, -0.2) is 106 Å². The Kier molecular flexibility index (Phi) is 12.0. The largest absolute Gasteiger partial charge is 0.490 e. The topological polar surface area (TPSA) is 199 Å². The van der Waals surface area contributed by atoms with Crippen molar-refractivity contribution in [2.45, 2.75) is 79.7 Å². The minimum absolute atomic E-state index is 0.0357. The Bertz CT molecular complexity index is 1720. The average molecular weight is 720 g/mol. The highest BCUT2D eigenvalue weighted by Crippen LogP contribution is 2.53. The van der Waals surface area contributed by atoms with E-state index in [4.69, 9.17) is 26.2 Å². The van der Waals surface area contributed by atoms with Gasteiger partial charge in [0.2, 0.25) is 15.9 Å². The molecule has 6 N–H and O–H groups in total. The number of aromatic nitrogens is 1. The molecular formula is C34H42ClN3O10S. The van der Waals surface area contributed by atoms with Crippen molar-refractivity contribution in [1.29, 1.82) is 0 Å². The number of benzene rings is 2. The van der Waals surface area contributed by atoms with E-state index >= 15 is 0 Å². The van der Waals surface area contributed by atoms with Gasteiger partial charge in [0.25, 0.3) is 0 Å². The molecule has 15 heteroatoms. The highest BCUT2D eigenvalue weighted by molar-refractivity contribution is 7.89. The summed E-state index contributed by atoms with van der Waals surface area (Å²) in [6, 6.07) is 14.2. The zero-order chi connectivity index (χ0) is 35.3. The molecule has 4 atom stereocenters. The molecule has 1 amide bonds. The molecular weight excluding hydrogens is 678 g/mol. The lowest BCUT2D eigenvalue weighted by Crippen LogP contribution is -2.49. The number of amides is 1. The fraction of sp³-hybridized carbons (Fsp3) is 0.471. The monoisotopic (exact) mass is 719 g/mol. The predicted octanol–water partition coefficient (Wildman–Crippen LogP) is 1.71. The normalized spacial score (nSPS) is 18.0. The van der Waals surface area contributed by atoms with Crippen molar-refractivity contribution < 1.29 is 48.2 Å². The molecule has 2 saturated carbocycles. The van der Waals surface area contributed by atoms with Crippen LogP contribution in [0.2, 0.25) is 5.02 Å². The van der Waals surface area contributed by atoms with Gasteiger partial charge < -0.3 is 40.3 Å². The van der Waals surface area contributed by atoms with E-state index in [1.54, 1.807) is 12.4 Å². The smallest absolute Gasteiger partial charge is 0.242 e. The Labute approximate surface area is 290 Å². The summed E-state index contributed by atoms with van der Waals surface area (Å²) in [5.74, 6) is 0.184. The summed E-state index contributed by atoms with van der Waals surface area (Å²) in [7, 11) is -2.72. The number of carbonyl (C=O) groups is 1. The van der Waals surface area contributed by atoms with Crippen LogP contribution in [0.3, 0.4) is 0 Å². The number of aliphatic hydroxyl groups is 5. The maximum absolute atomic E-state index is 13.4. The summed E-state index contributed by atoms with van der Waals surface area (Å²) in [5.41, 5.74) is 2.68. The lowest BCUT2D eigenvalue weighted by molar-refractivity contribution is -0.126. The zero-order valence-electron chi connectivity index (χ0n) is 27.0. The first-order valence-corrected chi connectivity index (χ1v) is 17.9. The van der Waals surface area contributed by atoms with Gasteiger partial charge in [-0.05, 0) is 67.1 Å². The number of hydrogen-bond acceptors (Lipinski definition) is 11. The van der Waals surface area contributed by atoms with Crippen LogP contribution in [0.25, 0.3) is 11.1 Å². The molecule has 0 aliphatic heterocycles. The summed E-state index contributed by atoms with van der Waals surface area (Å²) in [5, 5.41) is 50.6. The summed E-state index contributed by atoms with van der Waals surface area (Å²) in [6.45, 7) is -1.47. The summed E-state index contributed by atoms with van der Waals surface area (Å²) in [4.78, 5) is 16.7. The number of carbonyl (C=O) groups excluding carboxylic acids is 1. The summed E-state index contributed by atoms with van der Waals surface area (Å²) >= 11 is 6.50. The van der Waals surface area contributed by atoms with E-state index in [0.29, 0.717) is 10.6 Å². The van der Waals surface area contributed by atoms with Crippen LogP contribution < -0.4 is 10.1 Å². The molecule has 2 fully saturated rings. The fourth-order valence-corrected chi connectivity index (χ4v) is 6.74. The van der Waals surface area contributed by atoms with Crippen molar-refractivity contribution in [1.82, 2.24) is 14.6 Å². The first-order valence-electron chi connectivity index (χ1n) is 16.1. The van der Waals surface area contributed by atoms with E-state index in [2.05, 4.69) is 10.3 Å². The summed E-state index contributed by atoms with van der Waals surface area (Å²) < 4.78 is 40.5. The van der Waals surface area contributed by atoms with Gasteiger partial charge in [-0.1, -0.05) is 29.8 Å². The molecule has 5 rings (SSSR count). The number of para-hydroxylation sites is 1. The van der Waals surface area contributed by atoms with Crippen molar-refractivity contribution in [2.75, 3.05) is 26.7 Å². The molecule has 0 bridgehead atoms. The van der Waals surface area contributed by atoms with Crippen molar-refractivity contribution in [2.24, 2.45) is 0 Å². The molecule has 3 aromatic rings. The number of halogens is 1. The molecule has 0 spiro atoms. The fourth-order valence-electron chi connectivity index (χ4n) is 5.34. The van der Waals surface area contributed by atoms with Crippen LogP contribution in [0, 0.1) is 0 Å². The maximum atomic E-state index is 13.4.